The summed E-state index contributed by atoms with van der Waals surface area (Å²) in [7, 11) is 0. The number of hydrogen-bond donors (Lipinski definition) is 1. The average Bonchev–Trinajstić information content (AvgIpc) is 3.04. The zero-order valence-corrected chi connectivity index (χ0v) is 19.1. The standard InChI is InChI=1S/C26H31NO5/c1-15-17(3)31-22-13-23-21(12-20(15)22)16(2)19(25(29)32-23)7-8-24(28)27-11-10-26(30)9-5-4-6-18(26)14-27/h12-13,18,30H,4-11,14H2,1-3H3/t18-,26+/m0/s1. The van der Waals surface area contributed by atoms with Crippen LogP contribution in [-0.2, 0) is 11.2 Å². The molecule has 0 unspecified atom stereocenters. The number of benzene rings is 1. The molecule has 32 heavy (non-hydrogen) atoms. The molecule has 2 aliphatic rings. The topological polar surface area (TPSA) is 83.9 Å². The molecule has 1 aliphatic heterocycles. The first-order valence-electron chi connectivity index (χ1n) is 11.7. The van der Waals surface area contributed by atoms with Crippen molar-refractivity contribution in [3.05, 3.63) is 45.0 Å². The third-order valence-corrected chi connectivity index (χ3v) is 7.95. The third-order valence-electron chi connectivity index (χ3n) is 7.95. The van der Waals surface area contributed by atoms with E-state index in [-0.39, 0.29) is 23.9 Å². The number of aryl methyl sites for hydroxylation is 3. The lowest BCUT2D eigenvalue weighted by molar-refractivity contribution is -0.143. The lowest BCUT2D eigenvalue weighted by atomic mass is 9.71. The number of rotatable bonds is 3. The summed E-state index contributed by atoms with van der Waals surface area (Å²) in [6.45, 7) is 7.09. The zero-order chi connectivity index (χ0) is 22.6. The maximum Gasteiger partial charge on any atom is 0.339 e. The van der Waals surface area contributed by atoms with Gasteiger partial charge in [-0.2, -0.15) is 0 Å². The first-order chi connectivity index (χ1) is 15.3. The summed E-state index contributed by atoms with van der Waals surface area (Å²) in [5, 5.41) is 12.8. The van der Waals surface area contributed by atoms with E-state index in [2.05, 4.69) is 0 Å². The van der Waals surface area contributed by atoms with Crippen LogP contribution in [0.25, 0.3) is 21.9 Å². The minimum Gasteiger partial charge on any atom is -0.461 e. The van der Waals surface area contributed by atoms with Gasteiger partial charge in [0.1, 0.15) is 16.9 Å². The van der Waals surface area contributed by atoms with Crippen LogP contribution in [0.2, 0.25) is 0 Å². The molecule has 3 aromatic rings. The lowest BCUT2D eigenvalue weighted by Crippen LogP contribution is -2.54. The number of furan rings is 1. The van der Waals surface area contributed by atoms with Crippen LogP contribution < -0.4 is 5.63 Å². The van der Waals surface area contributed by atoms with Crippen molar-refractivity contribution in [2.75, 3.05) is 13.1 Å². The quantitative estimate of drug-likeness (QED) is 0.608. The first kappa shape index (κ1) is 21.3. The van der Waals surface area contributed by atoms with E-state index in [1.165, 1.54) is 0 Å². The Hall–Kier alpha value is -2.60. The number of amides is 1. The van der Waals surface area contributed by atoms with Crippen LogP contribution >= 0.6 is 0 Å². The number of hydrogen-bond acceptors (Lipinski definition) is 5. The van der Waals surface area contributed by atoms with Gasteiger partial charge >= 0.3 is 5.63 Å². The summed E-state index contributed by atoms with van der Waals surface area (Å²) in [6.07, 6.45) is 5.30. The number of fused-ring (bicyclic) bond motifs is 3. The highest BCUT2D eigenvalue weighted by Crippen LogP contribution is 2.40. The molecule has 1 amide bonds. The van der Waals surface area contributed by atoms with Crippen LogP contribution in [0.15, 0.2) is 25.8 Å². The van der Waals surface area contributed by atoms with Gasteiger partial charge in [0, 0.05) is 47.8 Å². The number of nitrogens with zero attached hydrogens (tertiary/aromatic N) is 1. The molecule has 1 aromatic carbocycles. The lowest BCUT2D eigenvalue weighted by Gasteiger charge is -2.47. The van der Waals surface area contributed by atoms with Crippen LogP contribution in [0, 0.1) is 26.7 Å². The normalized spacial score (nSPS) is 23.6. The van der Waals surface area contributed by atoms with Crippen molar-refractivity contribution in [3.8, 4) is 0 Å². The van der Waals surface area contributed by atoms with Crippen molar-refractivity contribution in [3.63, 3.8) is 0 Å². The van der Waals surface area contributed by atoms with E-state index >= 15 is 0 Å². The van der Waals surface area contributed by atoms with Crippen LogP contribution in [0.3, 0.4) is 0 Å². The van der Waals surface area contributed by atoms with Crippen molar-refractivity contribution in [1.29, 1.82) is 0 Å². The first-order valence-corrected chi connectivity index (χ1v) is 11.7. The molecule has 1 saturated heterocycles. The van der Waals surface area contributed by atoms with Gasteiger partial charge in [0.05, 0.1) is 5.60 Å². The fourth-order valence-corrected chi connectivity index (χ4v) is 5.70. The van der Waals surface area contributed by atoms with Gasteiger partial charge in [0.15, 0.2) is 0 Å². The summed E-state index contributed by atoms with van der Waals surface area (Å²) in [5.74, 6) is 1.08. The monoisotopic (exact) mass is 437 g/mol. The molecule has 170 valence electrons. The number of aliphatic hydroxyl groups is 1. The molecule has 6 nitrogen and oxygen atoms in total. The highest BCUT2D eigenvalue weighted by Gasteiger charge is 2.43. The zero-order valence-electron chi connectivity index (χ0n) is 19.1. The van der Waals surface area contributed by atoms with Crippen molar-refractivity contribution in [2.45, 2.75) is 71.3 Å². The second kappa shape index (κ2) is 7.77. The fraction of sp³-hybridized carbons (Fsp3) is 0.538. The number of carbonyl (C=O) groups is 1. The molecule has 6 heteroatoms. The molecule has 2 fully saturated rings. The van der Waals surface area contributed by atoms with Gasteiger partial charge in [-0.05, 0) is 63.6 Å². The summed E-state index contributed by atoms with van der Waals surface area (Å²) in [5.41, 5.74) is 2.75. The van der Waals surface area contributed by atoms with Crippen molar-refractivity contribution in [1.82, 2.24) is 4.90 Å². The fourth-order valence-electron chi connectivity index (χ4n) is 5.70. The maximum atomic E-state index is 13.0. The summed E-state index contributed by atoms with van der Waals surface area (Å²) >= 11 is 0. The predicted octanol–water partition coefficient (Wildman–Crippen LogP) is 4.55. The Bertz CT molecular complexity index is 1270. The summed E-state index contributed by atoms with van der Waals surface area (Å²) in [4.78, 5) is 27.6. The highest BCUT2D eigenvalue weighted by atomic mass is 16.4. The van der Waals surface area contributed by atoms with E-state index in [0.29, 0.717) is 42.7 Å². The minimum atomic E-state index is -0.597. The molecule has 0 spiro atoms. The van der Waals surface area contributed by atoms with Gasteiger partial charge in [-0.25, -0.2) is 4.79 Å². The van der Waals surface area contributed by atoms with E-state index in [1.807, 2.05) is 31.7 Å². The molecule has 0 radical (unpaired) electrons. The molecule has 2 aromatic heterocycles. The Morgan fingerprint density at radius 3 is 2.66 bits per heavy atom. The molecule has 1 aliphatic carbocycles. The van der Waals surface area contributed by atoms with E-state index in [4.69, 9.17) is 8.83 Å². The molecule has 0 bridgehead atoms. The van der Waals surface area contributed by atoms with Crippen LogP contribution in [0.4, 0.5) is 0 Å². The van der Waals surface area contributed by atoms with E-state index in [1.54, 1.807) is 6.07 Å². The molecule has 1 saturated carbocycles. The SMILES string of the molecule is Cc1oc2cc3oc(=O)c(CCC(=O)N4CC[C@]5(O)CCCC[C@H]5C4)c(C)c3cc2c1C. The van der Waals surface area contributed by atoms with Crippen molar-refractivity contribution in [2.24, 2.45) is 5.92 Å². The summed E-state index contributed by atoms with van der Waals surface area (Å²) < 4.78 is 11.4. The van der Waals surface area contributed by atoms with Gasteiger partial charge in [0.25, 0.3) is 0 Å². The van der Waals surface area contributed by atoms with Crippen LogP contribution in [0.5, 0.6) is 0 Å². The number of carbonyl (C=O) groups excluding carboxylic acids is 1. The van der Waals surface area contributed by atoms with Crippen LogP contribution in [0.1, 0.15) is 61.0 Å². The third kappa shape index (κ3) is 3.45. The predicted molar refractivity (Wildman–Crippen MR) is 123 cm³/mol. The maximum absolute atomic E-state index is 13.0. The Morgan fingerprint density at radius 1 is 1.09 bits per heavy atom. The summed E-state index contributed by atoms with van der Waals surface area (Å²) in [6, 6.07) is 3.81. The molecular weight excluding hydrogens is 406 g/mol. The van der Waals surface area contributed by atoms with Crippen LogP contribution in [-0.4, -0.2) is 34.6 Å². The van der Waals surface area contributed by atoms with Crippen molar-refractivity contribution < 1.29 is 18.7 Å². The van der Waals surface area contributed by atoms with Gasteiger partial charge in [-0.1, -0.05) is 12.8 Å². The Morgan fingerprint density at radius 2 is 1.84 bits per heavy atom. The van der Waals surface area contributed by atoms with Gasteiger partial charge in [0.2, 0.25) is 5.91 Å². The molecule has 5 rings (SSSR count). The van der Waals surface area contributed by atoms with Gasteiger partial charge < -0.3 is 18.8 Å². The molecule has 1 N–H and O–H groups in total. The highest BCUT2D eigenvalue weighted by molar-refractivity contribution is 5.96. The molecule has 3 heterocycles. The second-order valence-electron chi connectivity index (χ2n) is 9.76. The number of piperidine rings is 1. The largest absolute Gasteiger partial charge is 0.461 e. The van der Waals surface area contributed by atoms with Gasteiger partial charge in [-0.15, -0.1) is 0 Å². The second-order valence-corrected chi connectivity index (χ2v) is 9.76. The Kier molecular flexibility index (Phi) is 5.16. The van der Waals surface area contributed by atoms with E-state index in [9.17, 15) is 14.7 Å². The van der Waals surface area contributed by atoms with Crippen molar-refractivity contribution >= 4 is 27.8 Å². The molecule has 2 atom stereocenters. The van der Waals surface area contributed by atoms with Gasteiger partial charge in [-0.3, -0.25) is 4.79 Å². The Labute approximate surface area is 187 Å². The smallest absolute Gasteiger partial charge is 0.339 e. The Balaban J connectivity index is 1.37. The van der Waals surface area contributed by atoms with E-state index < -0.39 is 5.60 Å². The van der Waals surface area contributed by atoms with E-state index in [0.717, 1.165) is 53.3 Å². The minimum absolute atomic E-state index is 0.0493. The average molecular weight is 438 g/mol. The number of likely N-dealkylation sites (tertiary alicyclic amines) is 1. The molecular formula is C26H31NO5.